The second-order valence-corrected chi connectivity index (χ2v) is 8.56. The van der Waals surface area contributed by atoms with Crippen LogP contribution >= 0.6 is 23.4 Å². The summed E-state index contributed by atoms with van der Waals surface area (Å²) in [6.45, 7) is 5.98. The van der Waals surface area contributed by atoms with Crippen LogP contribution in [0.3, 0.4) is 0 Å². The summed E-state index contributed by atoms with van der Waals surface area (Å²) in [7, 11) is 0. The predicted octanol–water partition coefficient (Wildman–Crippen LogP) is 4.51. The van der Waals surface area contributed by atoms with Gasteiger partial charge in [-0.2, -0.15) is 0 Å². The zero-order valence-electron chi connectivity index (χ0n) is 16.4. The maximum atomic E-state index is 13.3. The van der Waals surface area contributed by atoms with Crippen LogP contribution in [-0.2, 0) is 11.2 Å². The van der Waals surface area contributed by atoms with Crippen molar-refractivity contribution in [2.45, 2.75) is 43.6 Å². The number of nitrogens with zero attached hydrogens (tertiary/aromatic N) is 3. The Morgan fingerprint density at radius 3 is 2.69 bits per heavy atom. The van der Waals surface area contributed by atoms with Crippen LogP contribution in [0.15, 0.2) is 47.6 Å². The summed E-state index contributed by atoms with van der Waals surface area (Å²) in [5, 5.41) is 12.4. The summed E-state index contributed by atoms with van der Waals surface area (Å²) in [4.78, 5) is 13.3. The number of amides is 1. The third kappa shape index (κ3) is 3.84. The second kappa shape index (κ2) is 8.08. The Balaban J connectivity index is 1.69. The quantitative estimate of drug-likeness (QED) is 0.641. The second-order valence-electron chi connectivity index (χ2n) is 7.05. The molecule has 0 radical (unpaired) electrons. The van der Waals surface area contributed by atoms with Crippen LogP contribution in [0.4, 0.5) is 5.69 Å². The standard InChI is InChI=1S/C21H22ClN5OS/c1-4-17-24-25-21-27(17)26-18(14-10-8-12(2)9-11-14)19(29-21)20(28)23-16-7-5-6-15(22)13(16)3/h5-11,18-19,26H,4H2,1-3H3,(H,23,28). The number of fused-ring (bicyclic) bond motifs is 1. The highest BCUT2D eigenvalue weighted by atomic mass is 35.5. The van der Waals surface area contributed by atoms with Gasteiger partial charge in [0.1, 0.15) is 5.25 Å². The molecule has 150 valence electrons. The lowest BCUT2D eigenvalue weighted by molar-refractivity contribution is -0.116. The molecule has 6 nitrogen and oxygen atoms in total. The Kier molecular flexibility index (Phi) is 5.52. The molecule has 29 heavy (non-hydrogen) atoms. The zero-order chi connectivity index (χ0) is 20.5. The van der Waals surface area contributed by atoms with E-state index in [0.29, 0.717) is 15.9 Å². The van der Waals surface area contributed by atoms with Crippen LogP contribution in [0.5, 0.6) is 0 Å². The number of hydrogen-bond acceptors (Lipinski definition) is 5. The van der Waals surface area contributed by atoms with Crippen LogP contribution in [-0.4, -0.2) is 26.0 Å². The first-order chi connectivity index (χ1) is 14.0. The van der Waals surface area contributed by atoms with Gasteiger partial charge in [0.05, 0.1) is 6.04 Å². The van der Waals surface area contributed by atoms with E-state index >= 15 is 0 Å². The van der Waals surface area contributed by atoms with Gasteiger partial charge in [0.2, 0.25) is 11.1 Å². The van der Waals surface area contributed by atoms with Crippen molar-refractivity contribution in [1.29, 1.82) is 0 Å². The molecule has 8 heteroatoms. The number of carbonyl (C=O) groups excluding carboxylic acids is 1. The molecular formula is C21H22ClN5OS. The molecule has 1 aliphatic heterocycles. The van der Waals surface area contributed by atoms with E-state index in [9.17, 15) is 4.79 Å². The maximum Gasteiger partial charge on any atom is 0.240 e. The van der Waals surface area contributed by atoms with E-state index in [-0.39, 0.29) is 11.9 Å². The highest BCUT2D eigenvalue weighted by Gasteiger charge is 2.37. The molecule has 1 amide bonds. The molecule has 0 saturated heterocycles. The van der Waals surface area contributed by atoms with Gasteiger partial charge in [-0.05, 0) is 37.1 Å². The fourth-order valence-electron chi connectivity index (χ4n) is 3.30. The summed E-state index contributed by atoms with van der Waals surface area (Å²) in [6, 6.07) is 13.5. The first kappa shape index (κ1) is 19.8. The molecule has 1 aliphatic rings. The monoisotopic (exact) mass is 427 g/mol. The van der Waals surface area contributed by atoms with Crippen molar-refractivity contribution in [2.24, 2.45) is 0 Å². The number of aryl methyl sites for hydroxylation is 2. The Morgan fingerprint density at radius 2 is 1.97 bits per heavy atom. The lowest BCUT2D eigenvalue weighted by atomic mass is 10.0. The third-order valence-electron chi connectivity index (χ3n) is 5.04. The van der Waals surface area contributed by atoms with Crippen LogP contribution < -0.4 is 10.7 Å². The lowest BCUT2D eigenvalue weighted by Crippen LogP contribution is -2.41. The van der Waals surface area contributed by atoms with E-state index in [1.807, 2.05) is 43.6 Å². The molecule has 1 aromatic heterocycles. The molecule has 0 spiro atoms. The zero-order valence-corrected chi connectivity index (χ0v) is 18.0. The average Bonchev–Trinajstić information content (AvgIpc) is 3.13. The number of halogens is 1. The van der Waals surface area contributed by atoms with Gasteiger partial charge in [-0.25, -0.2) is 4.68 Å². The molecule has 2 N–H and O–H groups in total. The summed E-state index contributed by atoms with van der Waals surface area (Å²) in [5.41, 5.74) is 7.23. The minimum Gasteiger partial charge on any atom is -0.325 e. The molecule has 2 unspecified atom stereocenters. The molecule has 0 aliphatic carbocycles. The number of thioether (sulfide) groups is 1. The molecule has 3 aromatic rings. The average molecular weight is 428 g/mol. The van der Waals surface area contributed by atoms with Gasteiger partial charge in [0, 0.05) is 17.1 Å². The number of aromatic nitrogens is 3. The number of hydrogen-bond donors (Lipinski definition) is 2. The Hall–Kier alpha value is -2.51. The Morgan fingerprint density at radius 1 is 1.21 bits per heavy atom. The fraction of sp³-hybridized carbons (Fsp3) is 0.286. The van der Waals surface area contributed by atoms with Crippen molar-refractivity contribution in [3.05, 3.63) is 70.0 Å². The normalized spacial score (nSPS) is 18.1. The minimum absolute atomic E-state index is 0.106. The summed E-state index contributed by atoms with van der Waals surface area (Å²) < 4.78 is 1.89. The van der Waals surface area contributed by atoms with Gasteiger partial charge < -0.3 is 10.7 Å². The number of benzene rings is 2. The van der Waals surface area contributed by atoms with E-state index in [2.05, 4.69) is 45.2 Å². The molecule has 0 saturated carbocycles. The largest absolute Gasteiger partial charge is 0.325 e. The lowest BCUT2D eigenvalue weighted by Gasteiger charge is -2.33. The molecule has 2 aromatic carbocycles. The number of rotatable bonds is 4. The summed E-state index contributed by atoms with van der Waals surface area (Å²) in [6.07, 6.45) is 0.750. The highest BCUT2D eigenvalue weighted by molar-refractivity contribution is 8.00. The van der Waals surface area contributed by atoms with E-state index in [1.54, 1.807) is 0 Å². The van der Waals surface area contributed by atoms with Crippen molar-refractivity contribution in [3.8, 4) is 0 Å². The number of anilines is 1. The first-order valence-electron chi connectivity index (χ1n) is 9.48. The van der Waals surface area contributed by atoms with Gasteiger partial charge in [-0.1, -0.05) is 66.2 Å². The Bertz CT molecular complexity index is 1050. The van der Waals surface area contributed by atoms with E-state index in [1.165, 1.54) is 17.3 Å². The molecule has 0 bridgehead atoms. The SMILES string of the molecule is CCc1nnc2n1NC(c1ccc(C)cc1)C(C(=O)Nc1cccc(Cl)c1C)S2. The number of nitrogens with one attached hydrogen (secondary N) is 2. The van der Waals surface area contributed by atoms with Gasteiger partial charge in [0.25, 0.3) is 0 Å². The van der Waals surface area contributed by atoms with Crippen molar-refractivity contribution in [3.63, 3.8) is 0 Å². The van der Waals surface area contributed by atoms with Crippen LogP contribution in [0.25, 0.3) is 0 Å². The van der Waals surface area contributed by atoms with Gasteiger partial charge in [0.15, 0.2) is 5.82 Å². The van der Waals surface area contributed by atoms with Crippen LogP contribution in [0.2, 0.25) is 5.02 Å². The van der Waals surface area contributed by atoms with Crippen molar-refractivity contribution in [1.82, 2.24) is 14.9 Å². The topological polar surface area (TPSA) is 71.8 Å². The van der Waals surface area contributed by atoms with Crippen LogP contribution in [0, 0.1) is 13.8 Å². The van der Waals surface area contributed by atoms with E-state index in [4.69, 9.17) is 11.6 Å². The van der Waals surface area contributed by atoms with Crippen molar-refractivity contribution >= 4 is 35.0 Å². The fourth-order valence-corrected chi connectivity index (χ4v) is 4.57. The van der Waals surface area contributed by atoms with Gasteiger partial charge in [-0.15, -0.1) is 10.2 Å². The molecule has 2 atom stereocenters. The maximum absolute atomic E-state index is 13.3. The van der Waals surface area contributed by atoms with E-state index < -0.39 is 5.25 Å². The van der Waals surface area contributed by atoms with E-state index in [0.717, 1.165) is 23.4 Å². The van der Waals surface area contributed by atoms with Crippen molar-refractivity contribution < 1.29 is 4.79 Å². The van der Waals surface area contributed by atoms with Gasteiger partial charge >= 0.3 is 0 Å². The predicted molar refractivity (Wildman–Crippen MR) is 117 cm³/mol. The van der Waals surface area contributed by atoms with Crippen LogP contribution in [0.1, 0.15) is 35.5 Å². The molecule has 2 heterocycles. The smallest absolute Gasteiger partial charge is 0.240 e. The molecular weight excluding hydrogens is 406 g/mol. The van der Waals surface area contributed by atoms with Gasteiger partial charge in [-0.3, -0.25) is 4.79 Å². The van der Waals surface area contributed by atoms with Crippen molar-refractivity contribution in [2.75, 3.05) is 10.7 Å². The summed E-state index contributed by atoms with van der Waals surface area (Å²) >= 11 is 7.64. The first-order valence-corrected chi connectivity index (χ1v) is 10.7. The number of carbonyl (C=O) groups is 1. The molecule has 4 rings (SSSR count). The Labute approximate surface area is 179 Å². The molecule has 0 fully saturated rings. The minimum atomic E-state index is -0.419. The highest BCUT2D eigenvalue weighted by Crippen LogP contribution is 2.38. The summed E-state index contributed by atoms with van der Waals surface area (Å²) in [5.74, 6) is 0.736. The third-order valence-corrected chi connectivity index (χ3v) is 6.67.